The predicted octanol–water partition coefficient (Wildman–Crippen LogP) is 2.78. The lowest BCUT2D eigenvalue weighted by Crippen LogP contribution is -2.17. The highest BCUT2D eigenvalue weighted by Gasteiger charge is 2.22. The molecule has 0 amide bonds. The Bertz CT molecular complexity index is 805. The van der Waals surface area contributed by atoms with Crippen molar-refractivity contribution in [3.63, 3.8) is 0 Å². The zero-order valence-corrected chi connectivity index (χ0v) is 14.2. The number of aryl methyl sites for hydroxylation is 3. The Labute approximate surface area is 136 Å². The first-order valence-corrected chi connectivity index (χ1v) is 9.04. The van der Waals surface area contributed by atoms with Crippen LogP contribution >= 0.6 is 0 Å². The van der Waals surface area contributed by atoms with E-state index in [9.17, 15) is 8.42 Å². The van der Waals surface area contributed by atoms with Gasteiger partial charge in [-0.05, 0) is 56.9 Å². The van der Waals surface area contributed by atoms with Crippen LogP contribution in [0.25, 0.3) is 0 Å². The molecule has 0 unspecified atom stereocenters. The molecule has 6 nitrogen and oxygen atoms in total. The Hall–Kier alpha value is -2.15. The normalized spacial score (nSPS) is 14.6. The first-order valence-electron chi connectivity index (χ1n) is 7.56. The number of aromatic nitrogens is 2. The maximum atomic E-state index is 12.6. The van der Waals surface area contributed by atoms with E-state index in [2.05, 4.69) is 20.2 Å². The summed E-state index contributed by atoms with van der Waals surface area (Å²) in [5.41, 5.74) is 2.47. The van der Waals surface area contributed by atoms with Crippen LogP contribution < -0.4 is 10.0 Å². The molecule has 1 fully saturated rings. The zero-order valence-electron chi connectivity index (χ0n) is 13.4. The summed E-state index contributed by atoms with van der Waals surface area (Å²) in [6.45, 7) is 5.53. The van der Waals surface area contributed by atoms with Crippen LogP contribution in [0.1, 0.15) is 29.5 Å². The van der Waals surface area contributed by atoms with Gasteiger partial charge >= 0.3 is 0 Å². The number of anilines is 2. The molecule has 1 aromatic carbocycles. The summed E-state index contributed by atoms with van der Waals surface area (Å²) in [4.78, 5) is 0.296. The summed E-state index contributed by atoms with van der Waals surface area (Å²) in [7, 11) is -3.69. The summed E-state index contributed by atoms with van der Waals surface area (Å²) in [5, 5.41) is 11.2. The van der Waals surface area contributed by atoms with Crippen molar-refractivity contribution in [1.29, 1.82) is 0 Å². The fraction of sp³-hybridized carbons (Fsp3) is 0.375. The second-order valence-electron chi connectivity index (χ2n) is 6.06. The maximum absolute atomic E-state index is 12.6. The van der Waals surface area contributed by atoms with E-state index >= 15 is 0 Å². The third-order valence-electron chi connectivity index (χ3n) is 3.71. The van der Waals surface area contributed by atoms with Gasteiger partial charge in [0.15, 0.2) is 5.82 Å². The van der Waals surface area contributed by atoms with Gasteiger partial charge in [-0.25, -0.2) is 8.42 Å². The summed E-state index contributed by atoms with van der Waals surface area (Å²) < 4.78 is 27.8. The number of sulfonamides is 1. The minimum Gasteiger partial charge on any atom is -0.366 e. The minimum atomic E-state index is -3.69. The highest BCUT2D eigenvalue weighted by molar-refractivity contribution is 7.92. The predicted molar refractivity (Wildman–Crippen MR) is 90.1 cm³/mol. The van der Waals surface area contributed by atoms with Gasteiger partial charge in [-0.2, -0.15) is 0 Å². The number of nitrogens with zero attached hydrogens (tertiary/aromatic N) is 2. The summed E-state index contributed by atoms with van der Waals surface area (Å²) >= 11 is 0. The second-order valence-corrected chi connectivity index (χ2v) is 7.68. The van der Waals surface area contributed by atoms with Crippen molar-refractivity contribution >= 4 is 21.7 Å². The van der Waals surface area contributed by atoms with E-state index in [0.29, 0.717) is 16.8 Å². The van der Waals surface area contributed by atoms with Crippen molar-refractivity contribution in [3.8, 4) is 0 Å². The molecule has 3 rings (SSSR count). The smallest absolute Gasteiger partial charge is 0.263 e. The third kappa shape index (κ3) is 3.61. The Kier molecular flexibility index (Phi) is 3.97. The van der Waals surface area contributed by atoms with Crippen molar-refractivity contribution in [2.24, 2.45) is 0 Å². The minimum absolute atomic E-state index is 0.214. The largest absolute Gasteiger partial charge is 0.366 e. The molecule has 7 heteroatoms. The topological polar surface area (TPSA) is 84.0 Å². The number of benzene rings is 1. The molecule has 1 aromatic heterocycles. The molecule has 2 aromatic rings. The van der Waals surface area contributed by atoms with Gasteiger partial charge in [-0.3, -0.25) is 4.72 Å². The Balaban J connectivity index is 1.83. The van der Waals surface area contributed by atoms with Crippen LogP contribution in [0.15, 0.2) is 29.2 Å². The molecule has 1 heterocycles. The van der Waals surface area contributed by atoms with E-state index in [-0.39, 0.29) is 5.82 Å². The number of hydrogen-bond acceptors (Lipinski definition) is 5. The van der Waals surface area contributed by atoms with E-state index in [4.69, 9.17) is 0 Å². The van der Waals surface area contributed by atoms with Crippen LogP contribution in [0.4, 0.5) is 11.6 Å². The quantitative estimate of drug-likeness (QED) is 0.879. The second kappa shape index (κ2) is 5.81. The Morgan fingerprint density at radius 1 is 1.00 bits per heavy atom. The van der Waals surface area contributed by atoms with Crippen LogP contribution in [0.2, 0.25) is 0 Å². The highest BCUT2D eigenvalue weighted by atomic mass is 32.2. The van der Waals surface area contributed by atoms with Crippen LogP contribution in [0.3, 0.4) is 0 Å². The molecule has 0 atom stereocenters. The molecule has 23 heavy (non-hydrogen) atoms. The van der Waals surface area contributed by atoms with Crippen molar-refractivity contribution in [2.45, 2.75) is 44.6 Å². The molecule has 0 bridgehead atoms. The molecule has 0 radical (unpaired) electrons. The zero-order chi connectivity index (χ0) is 16.6. The average Bonchev–Trinajstić information content (AvgIpc) is 3.23. The summed E-state index contributed by atoms with van der Waals surface area (Å²) in [6.07, 6.45) is 2.28. The van der Waals surface area contributed by atoms with Gasteiger partial charge < -0.3 is 5.32 Å². The van der Waals surface area contributed by atoms with Crippen molar-refractivity contribution < 1.29 is 8.42 Å². The van der Waals surface area contributed by atoms with E-state index in [1.54, 1.807) is 26.0 Å². The van der Waals surface area contributed by atoms with Crippen LogP contribution in [0, 0.1) is 20.8 Å². The van der Waals surface area contributed by atoms with Gasteiger partial charge in [-0.1, -0.05) is 17.7 Å². The first-order chi connectivity index (χ1) is 10.8. The molecule has 1 aliphatic rings. The van der Waals surface area contributed by atoms with E-state index in [1.807, 2.05) is 19.1 Å². The van der Waals surface area contributed by atoms with Crippen LogP contribution in [-0.2, 0) is 10.0 Å². The van der Waals surface area contributed by atoms with Gasteiger partial charge in [0.1, 0.15) is 5.82 Å². The van der Waals surface area contributed by atoms with E-state index in [0.717, 1.165) is 29.5 Å². The molecule has 1 aliphatic carbocycles. The standard InChI is InChI=1S/C16H20N4O2S/c1-10-8-11(2)16(12(3)9-10)23(21,22)20-15-7-6-14(18-19-15)17-13-4-5-13/h6-9,13H,4-5H2,1-3H3,(H,17,18)(H,19,20). The van der Waals surface area contributed by atoms with Crippen molar-refractivity contribution in [2.75, 3.05) is 10.0 Å². The molecule has 0 aliphatic heterocycles. The molecule has 122 valence electrons. The third-order valence-corrected chi connectivity index (χ3v) is 5.37. The lowest BCUT2D eigenvalue weighted by atomic mass is 10.1. The Morgan fingerprint density at radius 2 is 1.57 bits per heavy atom. The van der Waals surface area contributed by atoms with Gasteiger partial charge in [0.2, 0.25) is 0 Å². The lowest BCUT2D eigenvalue weighted by Gasteiger charge is -2.13. The van der Waals surface area contributed by atoms with Gasteiger partial charge in [-0.15, -0.1) is 10.2 Å². The molecule has 1 saturated carbocycles. The molecular weight excluding hydrogens is 312 g/mol. The summed E-state index contributed by atoms with van der Waals surface area (Å²) in [5.74, 6) is 0.879. The molecule has 0 spiro atoms. The molecular formula is C16H20N4O2S. The number of nitrogens with one attached hydrogen (secondary N) is 2. The monoisotopic (exact) mass is 332 g/mol. The Morgan fingerprint density at radius 3 is 2.09 bits per heavy atom. The fourth-order valence-electron chi connectivity index (χ4n) is 2.68. The number of hydrogen-bond donors (Lipinski definition) is 2. The highest BCUT2D eigenvalue weighted by Crippen LogP contribution is 2.25. The SMILES string of the molecule is Cc1cc(C)c(S(=O)(=O)Nc2ccc(NC3CC3)nn2)c(C)c1. The van der Waals surface area contributed by atoms with Gasteiger partial charge in [0, 0.05) is 6.04 Å². The van der Waals surface area contributed by atoms with Crippen molar-refractivity contribution in [1.82, 2.24) is 10.2 Å². The van der Waals surface area contributed by atoms with Gasteiger partial charge in [0.25, 0.3) is 10.0 Å². The number of rotatable bonds is 5. The first kappa shape index (κ1) is 15.7. The van der Waals surface area contributed by atoms with Crippen LogP contribution in [-0.4, -0.2) is 24.7 Å². The molecule has 0 saturated heterocycles. The average molecular weight is 332 g/mol. The van der Waals surface area contributed by atoms with E-state index in [1.165, 1.54) is 0 Å². The fourth-order valence-corrected chi connectivity index (χ4v) is 4.13. The maximum Gasteiger partial charge on any atom is 0.263 e. The lowest BCUT2D eigenvalue weighted by molar-refractivity contribution is 0.599. The van der Waals surface area contributed by atoms with Gasteiger partial charge in [0.05, 0.1) is 4.90 Å². The van der Waals surface area contributed by atoms with Crippen LogP contribution in [0.5, 0.6) is 0 Å². The summed E-state index contributed by atoms with van der Waals surface area (Å²) in [6, 6.07) is 7.54. The van der Waals surface area contributed by atoms with E-state index < -0.39 is 10.0 Å². The van der Waals surface area contributed by atoms with Crippen molar-refractivity contribution in [3.05, 3.63) is 41.0 Å². The molecule has 2 N–H and O–H groups in total.